The van der Waals surface area contributed by atoms with Gasteiger partial charge >= 0.3 is 0 Å². The van der Waals surface area contributed by atoms with Crippen LogP contribution in [0.25, 0.3) is 11.6 Å². The number of nitrogens with two attached hydrogens (primary N) is 1. The van der Waals surface area contributed by atoms with Crippen LogP contribution in [0.4, 0.5) is 11.4 Å². The fourth-order valence-electron chi connectivity index (χ4n) is 6.08. The Morgan fingerprint density at radius 2 is 1.70 bits per heavy atom. The highest BCUT2D eigenvalue weighted by Gasteiger charge is 2.26. The molecule has 7 rings (SSSR count). The number of nitrogens with one attached hydrogen (secondary N) is 1. The highest BCUT2D eigenvalue weighted by atomic mass is 16.1. The number of para-hydroxylation sites is 1. The van der Waals surface area contributed by atoms with Crippen LogP contribution in [0.2, 0.25) is 0 Å². The Morgan fingerprint density at radius 3 is 2.55 bits per heavy atom. The Morgan fingerprint density at radius 1 is 0.925 bits per heavy atom. The van der Waals surface area contributed by atoms with Gasteiger partial charge in [-0.3, -0.25) is 9.79 Å². The Labute approximate surface area is 234 Å². The first-order valence-corrected chi connectivity index (χ1v) is 14.0. The second-order valence-electron chi connectivity index (χ2n) is 10.4. The van der Waals surface area contributed by atoms with E-state index in [1.54, 1.807) is 6.20 Å². The fourth-order valence-corrected chi connectivity index (χ4v) is 6.08. The number of ketones is 1. The standard InChI is InChI=1S/C27H25NO.C9H8N2/c1-2-17-9-14-25(27(29)19-7-11-20(28)12-8-19)24-16-15-22-21-6-4-3-5-18(21)10-13-23(22)26(17)24;1-2-4-9-8(3-1)7-10-5-6-11-9/h3-8,10-12,15-17H,2,9,13-14,28H2,1H3;1-7,11H. The van der Waals surface area contributed by atoms with E-state index in [4.69, 9.17) is 5.73 Å². The molecule has 3 N–H and O–H groups in total. The monoisotopic (exact) mass is 523 g/mol. The van der Waals surface area contributed by atoms with Crippen molar-refractivity contribution in [1.29, 1.82) is 0 Å². The summed E-state index contributed by atoms with van der Waals surface area (Å²) in [5.41, 5.74) is 13.2. The summed E-state index contributed by atoms with van der Waals surface area (Å²) in [7, 11) is 0. The third-order valence-electron chi connectivity index (χ3n) is 8.12. The van der Waals surface area contributed by atoms with Crippen molar-refractivity contribution in [2.75, 3.05) is 11.1 Å². The predicted molar refractivity (Wildman–Crippen MR) is 166 cm³/mol. The Hall–Kier alpha value is -4.70. The average molecular weight is 524 g/mol. The molecular weight excluding hydrogens is 490 g/mol. The van der Waals surface area contributed by atoms with Gasteiger partial charge in [0.1, 0.15) is 0 Å². The first-order chi connectivity index (χ1) is 19.6. The minimum Gasteiger partial charge on any atom is -0.399 e. The maximum absolute atomic E-state index is 13.3. The van der Waals surface area contributed by atoms with Crippen molar-refractivity contribution >= 4 is 35.0 Å². The number of rotatable bonds is 3. The van der Waals surface area contributed by atoms with Gasteiger partial charge in [-0.1, -0.05) is 67.6 Å². The number of hydrogen-bond acceptors (Lipinski definition) is 4. The van der Waals surface area contributed by atoms with Crippen molar-refractivity contribution in [3.05, 3.63) is 140 Å². The second kappa shape index (κ2) is 11.2. The van der Waals surface area contributed by atoms with Gasteiger partial charge < -0.3 is 11.1 Å². The summed E-state index contributed by atoms with van der Waals surface area (Å²) in [6.07, 6.45) is 11.7. The Kier molecular flexibility index (Phi) is 7.15. The molecule has 1 atom stereocenters. The van der Waals surface area contributed by atoms with E-state index < -0.39 is 0 Å². The lowest BCUT2D eigenvalue weighted by molar-refractivity contribution is 0.105. The van der Waals surface area contributed by atoms with Crippen molar-refractivity contribution in [2.45, 2.75) is 38.5 Å². The van der Waals surface area contributed by atoms with Crippen LogP contribution in [0.1, 0.15) is 59.2 Å². The van der Waals surface area contributed by atoms with Crippen LogP contribution >= 0.6 is 0 Å². The minimum absolute atomic E-state index is 0.140. The van der Waals surface area contributed by atoms with Crippen molar-refractivity contribution < 1.29 is 4.79 Å². The first kappa shape index (κ1) is 25.6. The van der Waals surface area contributed by atoms with Crippen LogP contribution in [-0.4, -0.2) is 12.0 Å². The summed E-state index contributed by atoms with van der Waals surface area (Å²) in [5.74, 6) is 0.655. The predicted octanol–water partition coefficient (Wildman–Crippen LogP) is 6.22. The van der Waals surface area contributed by atoms with Crippen LogP contribution in [0.15, 0.2) is 102 Å². The van der Waals surface area contributed by atoms with Crippen LogP contribution in [0.5, 0.6) is 0 Å². The van der Waals surface area contributed by atoms with Gasteiger partial charge in [-0.25, -0.2) is 0 Å². The average Bonchev–Trinajstić information content (AvgIpc) is 3.26. The van der Waals surface area contributed by atoms with E-state index in [0.29, 0.717) is 11.6 Å². The zero-order valence-electron chi connectivity index (χ0n) is 22.7. The highest BCUT2D eigenvalue weighted by Crippen LogP contribution is 2.33. The maximum atomic E-state index is 13.3. The molecule has 0 saturated heterocycles. The highest BCUT2D eigenvalue weighted by molar-refractivity contribution is 6.24. The molecule has 4 aromatic carbocycles. The fraction of sp³-hybridized carbons (Fsp3) is 0.167. The van der Waals surface area contributed by atoms with Crippen molar-refractivity contribution in [3.8, 4) is 0 Å². The number of nitrogens with zero attached hydrogens (tertiary/aromatic N) is 1. The van der Waals surface area contributed by atoms with Crippen LogP contribution in [0.3, 0.4) is 0 Å². The lowest BCUT2D eigenvalue weighted by Crippen LogP contribution is -2.28. The number of fused-ring (bicyclic) bond motifs is 5. The summed E-state index contributed by atoms with van der Waals surface area (Å²) in [6, 6.07) is 28.4. The number of carbonyl (C=O) groups is 1. The number of Topliss-reactive ketones (excluding diaryl/α,β-unsaturated/α-hetero) is 1. The molecule has 4 aromatic rings. The van der Waals surface area contributed by atoms with E-state index in [-0.39, 0.29) is 5.78 Å². The largest absolute Gasteiger partial charge is 0.399 e. The van der Waals surface area contributed by atoms with Crippen LogP contribution < -0.4 is 21.5 Å². The van der Waals surface area contributed by atoms with E-state index >= 15 is 0 Å². The van der Waals surface area contributed by atoms with Crippen LogP contribution in [0, 0.1) is 10.4 Å². The van der Waals surface area contributed by atoms with E-state index in [1.165, 1.54) is 26.8 Å². The topological polar surface area (TPSA) is 67.5 Å². The number of hydrogen-bond donors (Lipinski definition) is 2. The summed E-state index contributed by atoms with van der Waals surface area (Å²) < 4.78 is 0. The number of benzene rings is 4. The third-order valence-corrected chi connectivity index (χ3v) is 8.12. The molecule has 0 amide bonds. The quantitative estimate of drug-likeness (QED) is 0.248. The second-order valence-corrected chi connectivity index (χ2v) is 10.4. The molecule has 40 heavy (non-hydrogen) atoms. The van der Waals surface area contributed by atoms with Gasteiger partial charge in [-0.05, 0) is 93.9 Å². The number of nitrogen functional groups attached to an aromatic ring is 1. The van der Waals surface area contributed by atoms with Gasteiger partial charge in [0.25, 0.3) is 0 Å². The van der Waals surface area contributed by atoms with E-state index in [1.807, 2.05) is 60.9 Å². The van der Waals surface area contributed by atoms with Crippen LogP contribution in [-0.2, 0) is 6.42 Å². The summed E-state index contributed by atoms with van der Waals surface area (Å²) in [5, 5.41) is 8.24. The smallest absolute Gasteiger partial charge is 0.189 e. The molecule has 2 aliphatic carbocycles. The van der Waals surface area contributed by atoms with Crippen molar-refractivity contribution in [1.82, 2.24) is 0 Å². The van der Waals surface area contributed by atoms with Gasteiger partial charge in [-0.15, -0.1) is 0 Å². The minimum atomic E-state index is 0.140. The molecule has 0 saturated carbocycles. The lowest BCUT2D eigenvalue weighted by atomic mass is 9.77. The first-order valence-electron chi connectivity index (χ1n) is 14.0. The molecule has 0 aromatic heterocycles. The SMILES string of the molecule is C1=CNc2ccccc2C=N1.CCC1CCC(C(=O)c2ccc(N)cc2)=c2ccc3c(c21)CC=c1ccccc1=3. The molecule has 0 bridgehead atoms. The number of anilines is 2. The molecule has 0 fully saturated rings. The van der Waals surface area contributed by atoms with Gasteiger partial charge in [0.05, 0.1) is 0 Å². The van der Waals surface area contributed by atoms with E-state index in [2.05, 4.69) is 59.7 Å². The zero-order chi connectivity index (χ0) is 27.5. The third kappa shape index (κ3) is 4.89. The number of carbonyl (C=O) groups excluding carboxylic acids is 1. The molecule has 1 aliphatic heterocycles. The Bertz CT molecular complexity index is 1870. The van der Waals surface area contributed by atoms with E-state index in [0.717, 1.165) is 53.3 Å². The number of aliphatic imine (C=N–C) groups is 1. The lowest BCUT2D eigenvalue weighted by Gasteiger charge is -2.27. The molecule has 4 heteroatoms. The molecular formula is C36H33N3O. The molecule has 4 nitrogen and oxygen atoms in total. The summed E-state index contributed by atoms with van der Waals surface area (Å²) in [6.45, 7) is 2.26. The molecule has 0 radical (unpaired) electrons. The van der Waals surface area contributed by atoms with Gasteiger partial charge in [0, 0.05) is 46.7 Å². The van der Waals surface area contributed by atoms with Gasteiger partial charge in [0.2, 0.25) is 0 Å². The maximum Gasteiger partial charge on any atom is 0.189 e. The van der Waals surface area contributed by atoms with Gasteiger partial charge in [-0.2, -0.15) is 0 Å². The molecule has 198 valence electrons. The van der Waals surface area contributed by atoms with Crippen molar-refractivity contribution in [3.63, 3.8) is 0 Å². The molecule has 0 spiro atoms. The molecule has 1 heterocycles. The zero-order valence-corrected chi connectivity index (χ0v) is 22.7. The molecule has 1 unspecified atom stereocenters. The molecule has 3 aliphatic rings. The van der Waals surface area contributed by atoms with E-state index in [9.17, 15) is 4.79 Å². The normalized spacial score (nSPS) is 16.0. The van der Waals surface area contributed by atoms with Gasteiger partial charge in [0.15, 0.2) is 5.78 Å². The van der Waals surface area contributed by atoms with Crippen molar-refractivity contribution in [2.24, 2.45) is 4.99 Å². The Balaban J connectivity index is 0.000000219. The summed E-state index contributed by atoms with van der Waals surface area (Å²) >= 11 is 0. The summed E-state index contributed by atoms with van der Waals surface area (Å²) in [4.78, 5) is 17.4.